The minimum absolute atomic E-state index is 0.383. The molecule has 1 radical (unpaired) electrons. The summed E-state index contributed by atoms with van der Waals surface area (Å²) >= 11 is 0. The Kier molecular flexibility index (Phi) is 3.40. The molecule has 0 bridgehead atoms. The predicted octanol–water partition coefficient (Wildman–Crippen LogP) is -0.128. The van der Waals surface area contributed by atoms with Crippen LogP contribution in [0.4, 0.5) is 0 Å². The Bertz CT molecular complexity index is 249. The van der Waals surface area contributed by atoms with Crippen LogP contribution in [-0.2, 0) is 9.53 Å². The Morgan fingerprint density at radius 1 is 1.42 bits per heavy atom. The lowest BCUT2D eigenvalue weighted by Crippen LogP contribution is -2.35. The lowest BCUT2D eigenvalue weighted by atomic mass is 10.3. The smallest absolute Gasteiger partial charge is 0.174 e. The second-order valence-corrected chi connectivity index (χ2v) is 2.35. The van der Waals surface area contributed by atoms with Crippen LogP contribution in [0.1, 0.15) is 0 Å². The summed E-state index contributed by atoms with van der Waals surface area (Å²) in [5.41, 5.74) is 0.383. The quantitative estimate of drug-likeness (QED) is 0.399. The molecule has 63 valence electrons. The maximum atomic E-state index is 10.4. The molecule has 0 amide bonds. The molecule has 1 heterocycles. The Morgan fingerprint density at radius 2 is 2.08 bits per heavy atom. The lowest BCUT2D eigenvalue weighted by molar-refractivity contribution is 0.0565. The summed E-state index contributed by atoms with van der Waals surface area (Å²) in [4.78, 5) is 12.3. The van der Waals surface area contributed by atoms with Crippen LogP contribution in [0.25, 0.3) is 0 Å². The molecule has 3 heteroatoms. The standard InChI is InChI=1S/C9H10NO2/c1-2-3-9(8-11)10-4-6-12-7-5-10/h1,4-7H2. The van der Waals surface area contributed by atoms with Gasteiger partial charge in [-0.3, -0.25) is 0 Å². The van der Waals surface area contributed by atoms with E-state index in [1.54, 1.807) is 5.94 Å². The molecule has 0 aliphatic carbocycles. The number of morpholine rings is 1. The number of hydrogen-bond acceptors (Lipinski definition) is 3. The molecule has 12 heavy (non-hydrogen) atoms. The van der Waals surface area contributed by atoms with Crippen molar-refractivity contribution in [3.8, 4) is 11.8 Å². The third kappa shape index (κ3) is 2.13. The highest BCUT2D eigenvalue weighted by atomic mass is 16.5. The summed E-state index contributed by atoms with van der Waals surface area (Å²) in [5.74, 6) is 6.83. The van der Waals surface area contributed by atoms with Crippen LogP contribution in [0.15, 0.2) is 5.70 Å². The van der Waals surface area contributed by atoms with E-state index in [4.69, 9.17) is 4.74 Å². The van der Waals surface area contributed by atoms with E-state index in [2.05, 4.69) is 18.8 Å². The minimum atomic E-state index is 0.383. The van der Waals surface area contributed by atoms with Gasteiger partial charge in [0.15, 0.2) is 11.6 Å². The van der Waals surface area contributed by atoms with Gasteiger partial charge in [-0.05, 0) is 5.92 Å². The molecule has 1 saturated heterocycles. The van der Waals surface area contributed by atoms with Crippen LogP contribution in [0.2, 0.25) is 0 Å². The van der Waals surface area contributed by atoms with Crippen molar-refractivity contribution in [3.63, 3.8) is 0 Å². The van der Waals surface area contributed by atoms with Gasteiger partial charge in [-0.2, -0.15) is 0 Å². The van der Waals surface area contributed by atoms with Crippen molar-refractivity contribution in [1.29, 1.82) is 0 Å². The molecular formula is C9H10NO2. The summed E-state index contributed by atoms with van der Waals surface area (Å²) < 4.78 is 5.12. The molecule has 1 aliphatic heterocycles. The first-order valence-corrected chi connectivity index (χ1v) is 3.74. The van der Waals surface area contributed by atoms with Crippen molar-refractivity contribution in [3.05, 3.63) is 12.6 Å². The first-order chi connectivity index (χ1) is 5.88. The van der Waals surface area contributed by atoms with Crippen LogP contribution in [0, 0.1) is 18.8 Å². The Labute approximate surface area is 72.0 Å². The predicted molar refractivity (Wildman–Crippen MR) is 44.7 cm³/mol. The topological polar surface area (TPSA) is 29.5 Å². The third-order valence-electron chi connectivity index (χ3n) is 1.63. The maximum absolute atomic E-state index is 10.4. The van der Waals surface area contributed by atoms with E-state index in [1.165, 1.54) is 0 Å². The minimum Gasteiger partial charge on any atom is -0.378 e. The summed E-state index contributed by atoms with van der Waals surface area (Å²) in [6.45, 7) is 6.05. The van der Waals surface area contributed by atoms with Crippen molar-refractivity contribution >= 4 is 5.94 Å². The molecule has 0 aromatic carbocycles. The Balaban J connectivity index is 2.63. The number of allylic oxidation sites excluding steroid dienone is 1. The molecule has 0 saturated carbocycles. The first-order valence-electron chi connectivity index (χ1n) is 3.74. The number of rotatable bonds is 1. The highest BCUT2D eigenvalue weighted by Gasteiger charge is 2.12. The third-order valence-corrected chi connectivity index (χ3v) is 1.63. The van der Waals surface area contributed by atoms with Crippen molar-refractivity contribution in [2.75, 3.05) is 26.3 Å². The molecule has 0 aromatic heterocycles. The van der Waals surface area contributed by atoms with E-state index in [9.17, 15) is 4.79 Å². The van der Waals surface area contributed by atoms with Crippen LogP contribution < -0.4 is 0 Å². The van der Waals surface area contributed by atoms with Crippen LogP contribution >= 0.6 is 0 Å². The Hall–Kier alpha value is -1.23. The molecule has 0 N–H and O–H groups in total. The second-order valence-electron chi connectivity index (χ2n) is 2.35. The normalized spacial score (nSPS) is 15.9. The van der Waals surface area contributed by atoms with Gasteiger partial charge in [0.2, 0.25) is 0 Å². The zero-order valence-electron chi connectivity index (χ0n) is 6.80. The average molecular weight is 164 g/mol. The lowest BCUT2D eigenvalue weighted by Gasteiger charge is -2.26. The van der Waals surface area contributed by atoms with Gasteiger partial charge < -0.3 is 9.64 Å². The number of ether oxygens (including phenoxy) is 1. The molecule has 0 unspecified atom stereocenters. The van der Waals surface area contributed by atoms with E-state index >= 15 is 0 Å². The first kappa shape index (κ1) is 8.86. The zero-order chi connectivity index (χ0) is 8.81. The largest absolute Gasteiger partial charge is 0.378 e. The fraction of sp³-hybridized carbons (Fsp3) is 0.444. The fourth-order valence-corrected chi connectivity index (χ4v) is 1.04. The molecule has 3 nitrogen and oxygen atoms in total. The van der Waals surface area contributed by atoms with Gasteiger partial charge in [-0.1, -0.05) is 5.92 Å². The molecule has 1 fully saturated rings. The van der Waals surface area contributed by atoms with Crippen molar-refractivity contribution < 1.29 is 9.53 Å². The van der Waals surface area contributed by atoms with Gasteiger partial charge in [0.25, 0.3) is 0 Å². The highest BCUT2D eigenvalue weighted by molar-refractivity contribution is 5.59. The molecular weight excluding hydrogens is 154 g/mol. The van der Waals surface area contributed by atoms with Crippen LogP contribution in [0.5, 0.6) is 0 Å². The number of carbonyl (C=O) groups excluding carboxylic acids is 1. The van der Waals surface area contributed by atoms with E-state index in [0.29, 0.717) is 32.0 Å². The maximum Gasteiger partial charge on any atom is 0.174 e. The zero-order valence-corrected chi connectivity index (χ0v) is 6.80. The number of hydrogen-bond donors (Lipinski definition) is 0. The highest BCUT2D eigenvalue weighted by Crippen LogP contribution is 2.02. The summed E-state index contributed by atoms with van der Waals surface area (Å²) in [7, 11) is 0. The van der Waals surface area contributed by atoms with Crippen LogP contribution in [-0.4, -0.2) is 37.1 Å². The molecule has 1 rings (SSSR count). The molecule has 0 spiro atoms. The number of nitrogens with zero attached hydrogens (tertiary/aromatic N) is 1. The van der Waals surface area contributed by atoms with Gasteiger partial charge in [0.1, 0.15) is 0 Å². The van der Waals surface area contributed by atoms with Gasteiger partial charge in [0, 0.05) is 20.0 Å². The SMILES string of the molecule is [CH2]C#CC(=C=O)N1CCOCC1. The Morgan fingerprint density at radius 3 is 2.58 bits per heavy atom. The molecule has 0 atom stereocenters. The van der Waals surface area contributed by atoms with E-state index in [1.807, 2.05) is 4.90 Å². The molecule has 0 aromatic rings. The van der Waals surface area contributed by atoms with Crippen molar-refractivity contribution in [1.82, 2.24) is 4.90 Å². The van der Waals surface area contributed by atoms with E-state index in [0.717, 1.165) is 0 Å². The average Bonchev–Trinajstić information content (AvgIpc) is 2.15. The van der Waals surface area contributed by atoms with Gasteiger partial charge in [0.05, 0.1) is 13.2 Å². The van der Waals surface area contributed by atoms with E-state index in [-0.39, 0.29) is 0 Å². The molecule has 1 aliphatic rings. The summed E-state index contributed by atoms with van der Waals surface area (Å²) in [5, 5.41) is 0. The fourth-order valence-electron chi connectivity index (χ4n) is 1.04. The summed E-state index contributed by atoms with van der Waals surface area (Å²) in [6, 6.07) is 0. The van der Waals surface area contributed by atoms with E-state index < -0.39 is 0 Å². The van der Waals surface area contributed by atoms with Gasteiger partial charge in [-0.25, -0.2) is 4.79 Å². The van der Waals surface area contributed by atoms with Crippen molar-refractivity contribution in [2.45, 2.75) is 0 Å². The van der Waals surface area contributed by atoms with Gasteiger partial charge >= 0.3 is 0 Å². The van der Waals surface area contributed by atoms with Crippen LogP contribution in [0.3, 0.4) is 0 Å². The second kappa shape index (κ2) is 4.61. The van der Waals surface area contributed by atoms with Crippen molar-refractivity contribution in [2.24, 2.45) is 0 Å². The summed E-state index contributed by atoms with van der Waals surface area (Å²) in [6.07, 6.45) is 0. The monoisotopic (exact) mass is 164 g/mol. The van der Waals surface area contributed by atoms with Gasteiger partial charge in [-0.15, -0.1) is 0 Å².